The van der Waals surface area contributed by atoms with Crippen molar-refractivity contribution in [2.75, 3.05) is 38.2 Å². The van der Waals surface area contributed by atoms with E-state index in [-0.39, 0.29) is 55.8 Å². The maximum absolute atomic E-state index is 13.3. The minimum atomic E-state index is -0.713. The second-order valence-corrected chi connectivity index (χ2v) is 11.8. The van der Waals surface area contributed by atoms with E-state index in [1.807, 2.05) is 50.1 Å². The molecule has 224 valence electrons. The van der Waals surface area contributed by atoms with Gasteiger partial charge in [0.1, 0.15) is 11.6 Å². The molecule has 2 aromatic rings. The average molecular weight is 616 g/mol. The molecule has 8 nitrogen and oxygen atoms in total. The number of hydrogen-bond donors (Lipinski definition) is 2. The van der Waals surface area contributed by atoms with Crippen LogP contribution in [0, 0.1) is 0 Å². The molecule has 0 radical (unpaired) electrons. The van der Waals surface area contributed by atoms with Gasteiger partial charge in [0.05, 0.1) is 13.1 Å². The molecule has 1 aliphatic heterocycles. The smallest absolute Gasteiger partial charge is 0.329 e. The fraction of sp³-hybridized carbons (Fsp3) is 0.552. The number of benzene rings is 2. The number of thioether (sulfide) groups is 1. The molecular formula is C29H44Cl2N4O4S. The van der Waals surface area contributed by atoms with E-state index in [0.717, 1.165) is 34.9 Å². The molecule has 0 aliphatic carbocycles. The molecule has 3 N–H and O–H groups in total. The molecule has 1 saturated heterocycles. The van der Waals surface area contributed by atoms with Crippen LogP contribution in [0.5, 0.6) is 0 Å². The van der Waals surface area contributed by atoms with Crippen LogP contribution in [0.3, 0.4) is 0 Å². The lowest BCUT2D eigenvalue weighted by Gasteiger charge is -2.31. The number of carbonyl (C=O) groups is 3. The van der Waals surface area contributed by atoms with Crippen LogP contribution in [0.1, 0.15) is 45.6 Å². The van der Waals surface area contributed by atoms with Gasteiger partial charge in [-0.25, -0.2) is 4.79 Å². The summed E-state index contributed by atoms with van der Waals surface area (Å²) in [7, 11) is 0. The van der Waals surface area contributed by atoms with Crippen molar-refractivity contribution in [2.45, 2.75) is 64.3 Å². The first-order valence-electron chi connectivity index (χ1n) is 13.3. The van der Waals surface area contributed by atoms with E-state index in [9.17, 15) is 14.4 Å². The molecule has 1 fully saturated rings. The SMILES string of the molecule is CSCC[C@H](NC(=O)CN(Cc1cccc2ccccc12)C[C@@H]1CCCN1C(=O)CN)C(=O)OC(C)(C)C.Cl.Cl. The Balaban J connectivity index is 0.00000400. The maximum atomic E-state index is 13.3. The lowest BCUT2D eigenvalue weighted by molar-refractivity contribution is -0.158. The van der Waals surface area contributed by atoms with Crippen molar-refractivity contribution in [1.82, 2.24) is 15.1 Å². The lowest BCUT2D eigenvalue weighted by Crippen LogP contribution is -2.50. The molecule has 2 aromatic carbocycles. The van der Waals surface area contributed by atoms with Gasteiger partial charge in [-0.2, -0.15) is 11.8 Å². The molecular weight excluding hydrogens is 571 g/mol. The summed E-state index contributed by atoms with van der Waals surface area (Å²) in [6.45, 7) is 7.31. The molecule has 1 heterocycles. The predicted molar refractivity (Wildman–Crippen MR) is 168 cm³/mol. The van der Waals surface area contributed by atoms with Crippen molar-refractivity contribution in [2.24, 2.45) is 5.73 Å². The Morgan fingerprint density at radius 1 is 1.15 bits per heavy atom. The van der Waals surface area contributed by atoms with Gasteiger partial charge in [-0.1, -0.05) is 42.5 Å². The number of nitrogens with zero attached hydrogens (tertiary/aromatic N) is 2. The summed E-state index contributed by atoms with van der Waals surface area (Å²) in [6.07, 6.45) is 4.25. The van der Waals surface area contributed by atoms with Crippen LogP contribution in [-0.4, -0.2) is 83.5 Å². The van der Waals surface area contributed by atoms with E-state index in [4.69, 9.17) is 10.5 Å². The van der Waals surface area contributed by atoms with Crippen LogP contribution in [-0.2, 0) is 25.7 Å². The second-order valence-electron chi connectivity index (χ2n) is 10.8. The first kappa shape index (κ1) is 36.0. The molecule has 3 rings (SSSR count). The number of carbonyl (C=O) groups excluding carboxylic acids is 3. The topological polar surface area (TPSA) is 105 Å². The normalized spacial score (nSPS) is 15.8. The third kappa shape index (κ3) is 10.7. The van der Waals surface area contributed by atoms with Gasteiger partial charge in [-0.3, -0.25) is 14.5 Å². The van der Waals surface area contributed by atoms with Gasteiger partial charge >= 0.3 is 5.97 Å². The van der Waals surface area contributed by atoms with Crippen molar-refractivity contribution in [3.05, 3.63) is 48.0 Å². The largest absolute Gasteiger partial charge is 0.458 e. The Hall–Kier alpha value is -2.04. The van der Waals surface area contributed by atoms with E-state index in [1.54, 1.807) is 11.8 Å². The van der Waals surface area contributed by atoms with Crippen LogP contribution in [0.25, 0.3) is 10.8 Å². The summed E-state index contributed by atoms with van der Waals surface area (Å²) >= 11 is 1.62. The standard InChI is InChI=1S/C29H42N4O4S.2ClH/c1-29(2,3)37-28(36)25(14-16-38-4)31-26(34)20-32(19-23-12-8-15-33(23)27(35)17-30)18-22-11-7-10-21-9-5-6-13-24(21)22;;/h5-7,9-11,13,23,25H,8,12,14-20,30H2,1-4H3,(H,31,34);2*1H/t23-,25-;;/m0../s1. The Bertz CT molecular complexity index is 1110. The highest BCUT2D eigenvalue weighted by Crippen LogP contribution is 2.23. The van der Waals surface area contributed by atoms with Crippen LogP contribution in [0.15, 0.2) is 42.5 Å². The minimum Gasteiger partial charge on any atom is -0.458 e. The van der Waals surface area contributed by atoms with Crippen molar-refractivity contribution in [3.8, 4) is 0 Å². The fourth-order valence-corrected chi connectivity index (χ4v) is 5.40. The number of rotatable bonds is 12. The summed E-state index contributed by atoms with van der Waals surface area (Å²) < 4.78 is 5.57. The van der Waals surface area contributed by atoms with Gasteiger partial charge < -0.3 is 20.7 Å². The van der Waals surface area contributed by atoms with Gasteiger partial charge in [0.2, 0.25) is 11.8 Å². The number of nitrogens with one attached hydrogen (secondary N) is 1. The fourth-order valence-electron chi connectivity index (χ4n) is 4.93. The van der Waals surface area contributed by atoms with Crippen LogP contribution in [0.2, 0.25) is 0 Å². The van der Waals surface area contributed by atoms with E-state index in [2.05, 4.69) is 34.5 Å². The molecule has 11 heteroatoms. The Labute approximate surface area is 254 Å². The molecule has 0 saturated carbocycles. The lowest BCUT2D eigenvalue weighted by atomic mass is 10.0. The van der Waals surface area contributed by atoms with Crippen molar-refractivity contribution >= 4 is 65.1 Å². The average Bonchev–Trinajstić information content (AvgIpc) is 3.33. The highest BCUT2D eigenvalue weighted by molar-refractivity contribution is 7.98. The Kier molecular flexibility index (Phi) is 15.3. The molecule has 0 spiro atoms. The zero-order valence-electron chi connectivity index (χ0n) is 23.9. The first-order chi connectivity index (χ1) is 18.1. The molecule has 0 aromatic heterocycles. The molecule has 0 bridgehead atoms. The Morgan fingerprint density at radius 2 is 1.85 bits per heavy atom. The van der Waals surface area contributed by atoms with E-state index in [1.165, 1.54) is 0 Å². The highest BCUT2D eigenvalue weighted by atomic mass is 35.5. The van der Waals surface area contributed by atoms with Gasteiger partial charge in [0, 0.05) is 25.7 Å². The molecule has 2 atom stereocenters. The number of likely N-dealkylation sites (tertiary alicyclic amines) is 1. The first-order valence-corrected chi connectivity index (χ1v) is 14.7. The second kappa shape index (κ2) is 17.0. The third-order valence-electron chi connectivity index (χ3n) is 6.62. The van der Waals surface area contributed by atoms with Gasteiger partial charge in [-0.15, -0.1) is 24.8 Å². The van der Waals surface area contributed by atoms with Crippen LogP contribution >= 0.6 is 36.6 Å². The summed E-state index contributed by atoms with van der Waals surface area (Å²) in [5.41, 5.74) is 6.13. The monoisotopic (exact) mass is 614 g/mol. The zero-order chi connectivity index (χ0) is 27.7. The number of amides is 2. The number of ether oxygens (including phenoxy) is 1. The van der Waals surface area contributed by atoms with Crippen molar-refractivity contribution < 1.29 is 19.1 Å². The van der Waals surface area contributed by atoms with E-state index < -0.39 is 17.6 Å². The van der Waals surface area contributed by atoms with Gasteiger partial charge in [0.25, 0.3) is 0 Å². The van der Waals surface area contributed by atoms with E-state index in [0.29, 0.717) is 26.1 Å². The van der Waals surface area contributed by atoms with Crippen LogP contribution < -0.4 is 11.1 Å². The van der Waals surface area contributed by atoms with Crippen molar-refractivity contribution in [3.63, 3.8) is 0 Å². The molecule has 2 amide bonds. The summed E-state index contributed by atoms with van der Waals surface area (Å²) in [5.74, 6) is -0.000625. The maximum Gasteiger partial charge on any atom is 0.329 e. The summed E-state index contributed by atoms with van der Waals surface area (Å²) in [6, 6.07) is 13.6. The number of halogens is 2. The minimum absolute atomic E-state index is 0. The third-order valence-corrected chi connectivity index (χ3v) is 7.26. The predicted octanol–water partition coefficient (Wildman–Crippen LogP) is 4.01. The van der Waals surface area contributed by atoms with Gasteiger partial charge in [0.15, 0.2) is 0 Å². The molecule has 1 aliphatic rings. The number of nitrogens with two attached hydrogens (primary N) is 1. The van der Waals surface area contributed by atoms with E-state index >= 15 is 0 Å². The zero-order valence-corrected chi connectivity index (χ0v) is 26.3. The summed E-state index contributed by atoms with van der Waals surface area (Å²) in [5, 5.41) is 5.20. The summed E-state index contributed by atoms with van der Waals surface area (Å²) in [4.78, 5) is 42.5. The highest BCUT2D eigenvalue weighted by Gasteiger charge is 2.31. The van der Waals surface area contributed by atoms with Crippen molar-refractivity contribution in [1.29, 1.82) is 0 Å². The molecule has 0 unspecified atom stereocenters. The number of esters is 1. The number of hydrogen-bond acceptors (Lipinski definition) is 7. The van der Waals surface area contributed by atoms with Crippen LogP contribution in [0.4, 0.5) is 0 Å². The molecule has 40 heavy (non-hydrogen) atoms. The van der Waals surface area contributed by atoms with Gasteiger partial charge in [-0.05, 0) is 68.4 Å². The quantitative estimate of drug-likeness (QED) is 0.348. The Morgan fingerprint density at radius 3 is 2.52 bits per heavy atom. The number of fused-ring (bicyclic) bond motifs is 1.